The number of nitrogens with zero attached hydrogens (tertiary/aromatic N) is 6. The van der Waals surface area contributed by atoms with Gasteiger partial charge in [0.1, 0.15) is 11.6 Å². The lowest BCUT2D eigenvalue weighted by molar-refractivity contribution is -0.137. The number of rotatable bonds is 6. The number of alkyl halides is 5. The monoisotopic (exact) mass is 469 g/mol. The summed E-state index contributed by atoms with van der Waals surface area (Å²) in [5.41, 5.74) is 0.800. The Morgan fingerprint density at radius 2 is 1.97 bits per heavy atom. The molecule has 1 atom stereocenters. The van der Waals surface area contributed by atoms with Crippen molar-refractivity contribution < 1.29 is 22.0 Å². The van der Waals surface area contributed by atoms with E-state index >= 15 is 0 Å². The summed E-state index contributed by atoms with van der Waals surface area (Å²) in [6.45, 7) is 3.21. The van der Waals surface area contributed by atoms with Gasteiger partial charge in [-0.2, -0.15) is 18.2 Å². The van der Waals surface area contributed by atoms with E-state index in [2.05, 4.69) is 30.2 Å². The summed E-state index contributed by atoms with van der Waals surface area (Å²) in [5.74, 6) is -2.48. The van der Waals surface area contributed by atoms with Crippen molar-refractivity contribution in [3.05, 3.63) is 35.7 Å². The van der Waals surface area contributed by atoms with Crippen LogP contribution in [0.3, 0.4) is 0 Å². The first-order valence-corrected chi connectivity index (χ1v) is 10.5. The number of pyridine rings is 1. The summed E-state index contributed by atoms with van der Waals surface area (Å²) in [6, 6.07) is 3.40. The van der Waals surface area contributed by atoms with Crippen molar-refractivity contribution in [2.45, 2.75) is 31.4 Å². The normalized spacial score (nSPS) is 21.2. The highest BCUT2D eigenvalue weighted by Gasteiger charge is 2.45. The molecule has 0 radical (unpaired) electrons. The minimum Gasteiger partial charge on any atom is -0.329 e. The Balaban J connectivity index is 1.59. The molecule has 4 rings (SSSR count). The minimum atomic E-state index is -4.52. The van der Waals surface area contributed by atoms with E-state index in [4.69, 9.17) is 0 Å². The fourth-order valence-corrected chi connectivity index (χ4v) is 3.94. The number of aromatic nitrogens is 3. The molecule has 1 N–H and O–H groups in total. The predicted octanol–water partition coefficient (Wildman–Crippen LogP) is 3.97. The van der Waals surface area contributed by atoms with Crippen molar-refractivity contribution in [1.82, 2.24) is 19.9 Å². The lowest BCUT2D eigenvalue weighted by Crippen LogP contribution is -2.57. The Hall–Kier alpha value is -2.89. The van der Waals surface area contributed by atoms with Gasteiger partial charge < -0.3 is 10.2 Å². The first-order chi connectivity index (χ1) is 15.5. The topological polar surface area (TPSA) is 69.5 Å². The van der Waals surface area contributed by atoms with Gasteiger partial charge in [-0.3, -0.25) is 9.89 Å². The fraction of sp³-hybridized carbons (Fsp3) is 0.524. The standard InChI is InChI=1S/C21H24F5N7/c1-13(27-2)9-32-6-4-14(10-32)16-8-18(31-19(29-16)33-11-20(22,23)12-33)30-17-7-15(3-5-28-17)21(24,25)26/h3,5,7-8,14H,4,6,9-12H2,1-2H3,(H,28,29,30,31). The third-order valence-corrected chi connectivity index (χ3v) is 5.73. The Morgan fingerprint density at radius 3 is 2.64 bits per heavy atom. The van der Waals surface area contributed by atoms with E-state index in [-0.39, 0.29) is 23.5 Å². The summed E-state index contributed by atoms with van der Waals surface area (Å²) < 4.78 is 66.0. The maximum absolute atomic E-state index is 13.4. The molecule has 0 bridgehead atoms. The van der Waals surface area contributed by atoms with E-state index in [0.29, 0.717) is 12.2 Å². The molecule has 2 aromatic rings. The number of anilines is 3. The zero-order valence-electron chi connectivity index (χ0n) is 18.2. The average molecular weight is 469 g/mol. The van der Waals surface area contributed by atoms with Gasteiger partial charge in [0.05, 0.1) is 24.3 Å². The number of aliphatic imine (C=N–C) groups is 1. The molecule has 1 unspecified atom stereocenters. The number of halogens is 5. The Morgan fingerprint density at radius 1 is 1.21 bits per heavy atom. The van der Waals surface area contributed by atoms with Crippen molar-refractivity contribution in [1.29, 1.82) is 0 Å². The second-order valence-corrected chi connectivity index (χ2v) is 8.42. The lowest BCUT2D eigenvalue weighted by Gasteiger charge is -2.38. The molecular formula is C21H24F5N7. The molecule has 178 valence electrons. The Kier molecular flexibility index (Phi) is 6.21. The van der Waals surface area contributed by atoms with Crippen LogP contribution >= 0.6 is 0 Å². The summed E-state index contributed by atoms with van der Waals surface area (Å²) in [5, 5.41) is 2.79. The molecule has 7 nitrogen and oxygen atoms in total. The molecule has 2 aromatic heterocycles. The molecule has 2 saturated heterocycles. The molecular weight excluding hydrogens is 445 g/mol. The maximum atomic E-state index is 13.4. The second kappa shape index (κ2) is 8.81. The van der Waals surface area contributed by atoms with Gasteiger partial charge in [-0.1, -0.05) is 0 Å². The molecule has 2 fully saturated rings. The van der Waals surface area contributed by atoms with Crippen LogP contribution < -0.4 is 10.2 Å². The van der Waals surface area contributed by atoms with Crippen molar-refractivity contribution in [2.75, 3.05) is 50.0 Å². The Bertz CT molecular complexity index is 1030. The predicted molar refractivity (Wildman–Crippen MR) is 115 cm³/mol. The van der Waals surface area contributed by atoms with Crippen LogP contribution in [0.25, 0.3) is 0 Å². The zero-order chi connectivity index (χ0) is 23.8. The van der Waals surface area contributed by atoms with Crippen LogP contribution in [0.4, 0.5) is 39.5 Å². The van der Waals surface area contributed by atoms with Gasteiger partial charge in [-0.25, -0.2) is 18.7 Å². The highest BCUT2D eigenvalue weighted by molar-refractivity contribution is 5.83. The third-order valence-electron chi connectivity index (χ3n) is 5.73. The maximum Gasteiger partial charge on any atom is 0.416 e. The van der Waals surface area contributed by atoms with Crippen molar-refractivity contribution in [2.24, 2.45) is 4.99 Å². The van der Waals surface area contributed by atoms with E-state index in [0.717, 1.165) is 43.6 Å². The highest BCUT2D eigenvalue weighted by atomic mass is 19.4. The molecule has 0 spiro atoms. The molecule has 4 heterocycles. The van der Waals surface area contributed by atoms with Gasteiger partial charge in [0, 0.05) is 44.0 Å². The molecule has 2 aliphatic heterocycles. The van der Waals surface area contributed by atoms with Crippen LogP contribution in [0.5, 0.6) is 0 Å². The van der Waals surface area contributed by atoms with E-state index in [9.17, 15) is 22.0 Å². The molecule has 0 saturated carbocycles. The number of nitrogens with one attached hydrogen (secondary N) is 1. The van der Waals surface area contributed by atoms with Gasteiger partial charge in [-0.05, 0) is 32.0 Å². The average Bonchev–Trinajstić information content (AvgIpc) is 3.19. The van der Waals surface area contributed by atoms with Crippen LogP contribution in [0.1, 0.15) is 30.5 Å². The summed E-state index contributed by atoms with van der Waals surface area (Å²) in [4.78, 5) is 20.5. The van der Waals surface area contributed by atoms with Crippen LogP contribution in [0, 0.1) is 0 Å². The first-order valence-electron chi connectivity index (χ1n) is 10.5. The summed E-state index contributed by atoms with van der Waals surface area (Å²) in [7, 11) is 1.74. The quantitative estimate of drug-likeness (QED) is 0.510. The molecule has 0 aromatic carbocycles. The minimum absolute atomic E-state index is 0.0354. The molecule has 2 aliphatic rings. The highest BCUT2D eigenvalue weighted by Crippen LogP contribution is 2.34. The zero-order valence-corrected chi connectivity index (χ0v) is 18.2. The summed E-state index contributed by atoms with van der Waals surface area (Å²) in [6.07, 6.45) is -2.65. The SMILES string of the molecule is CN=C(C)CN1CCC(c2cc(Nc3cc(C(F)(F)F)ccn3)nc(N3CC(F)(F)C3)n2)C1. The molecule has 33 heavy (non-hydrogen) atoms. The van der Waals surface area contributed by atoms with Gasteiger partial charge in [0.2, 0.25) is 5.95 Å². The molecule has 0 aliphatic carbocycles. The Labute approximate surface area is 187 Å². The van der Waals surface area contributed by atoms with Crippen LogP contribution in [-0.4, -0.2) is 71.3 Å². The molecule has 12 heteroatoms. The van der Waals surface area contributed by atoms with E-state index in [1.54, 1.807) is 13.1 Å². The van der Waals surface area contributed by atoms with E-state index < -0.39 is 30.8 Å². The number of likely N-dealkylation sites (tertiary alicyclic amines) is 1. The van der Waals surface area contributed by atoms with Gasteiger partial charge >= 0.3 is 6.18 Å². The number of hydrogen-bond acceptors (Lipinski definition) is 7. The smallest absolute Gasteiger partial charge is 0.329 e. The molecule has 0 amide bonds. The number of hydrogen-bond donors (Lipinski definition) is 1. The van der Waals surface area contributed by atoms with Crippen molar-refractivity contribution in [3.63, 3.8) is 0 Å². The van der Waals surface area contributed by atoms with Crippen LogP contribution in [0.2, 0.25) is 0 Å². The summed E-state index contributed by atoms with van der Waals surface area (Å²) >= 11 is 0. The fourth-order valence-electron chi connectivity index (χ4n) is 3.94. The van der Waals surface area contributed by atoms with E-state index in [1.165, 1.54) is 4.90 Å². The van der Waals surface area contributed by atoms with Gasteiger partial charge in [-0.15, -0.1) is 0 Å². The van der Waals surface area contributed by atoms with Crippen LogP contribution in [-0.2, 0) is 6.18 Å². The van der Waals surface area contributed by atoms with E-state index in [1.807, 2.05) is 6.92 Å². The van der Waals surface area contributed by atoms with Crippen LogP contribution in [0.15, 0.2) is 29.4 Å². The van der Waals surface area contributed by atoms with Gasteiger partial charge in [0.15, 0.2) is 0 Å². The largest absolute Gasteiger partial charge is 0.416 e. The second-order valence-electron chi connectivity index (χ2n) is 8.42. The van der Waals surface area contributed by atoms with Crippen molar-refractivity contribution in [3.8, 4) is 0 Å². The third kappa shape index (κ3) is 5.55. The first kappa shape index (κ1) is 23.3. The van der Waals surface area contributed by atoms with Crippen molar-refractivity contribution >= 4 is 23.3 Å². The lowest BCUT2D eigenvalue weighted by atomic mass is 10.0. The van der Waals surface area contributed by atoms with Gasteiger partial charge in [0.25, 0.3) is 5.92 Å².